The van der Waals surface area contributed by atoms with E-state index in [1.165, 1.54) is 0 Å². The third-order valence-corrected chi connectivity index (χ3v) is 3.90. The molecule has 0 aliphatic carbocycles. The lowest BCUT2D eigenvalue weighted by Crippen LogP contribution is -2.22. The van der Waals surface area contributed by atoms with Crippen molar-refractivity contribution in [2.45, 2.75) is 39.3 Å². The fraction of sp³-hybridized carbons (Fsp3) is 0.353. The Morgan fingerprint density at radius 1 is 1.29 bits per heavy atom. The summed E-state index contributed by atoms with van der Waals surface area (Å²) < 4.78 is 5.93. The predicted molar refractivity (Wildman–Crippen MR) is 86.7 cm³/mol. The minimum Gasteiger partial charge on any atom is -0.487 e. The van der Waals surface area contributed by atoms with E-state index in [2.05, 4.69) is 11.9 Å². The van der Waals surface area contributed by atoms with Crippen LogP contribution in [0.1, 0.15) is 30.2 Å². The molecule has 3 nitrogen and oxygen atoms in total. The van der Waals surface area contributed by atoms with Crippen molar-refractivity contribution in [2.24, 2.45) is 5.73 Å². The van der Waals surface area contributed by atoms with E-state index in [9.17, 15) is 0 Å². The number of hydrogen-bond donors (Lipinski definition) is 1. The largest absolute Gasteiger partial charge is 0.487 e. The zero-order valence-corrected chi connectivity index (χ0v) is 13.2. The molecule has 1 atom stereocenters. The van der Waals surface area contributed by atoms with E-state index in [0.29, 0.717) is 18.1 Å². The average molecular weight is 305 g/mol. The summed E-state index contributed by atoms with van der Waals surface area (Å²) in [6.07, 6.45) is 3.40. The van der Waals surface area contributed by atoms with Gasteiger partial charge in [-0.3, -0.25) is 4.98 Å². The first-order valence-electron chi connectivity index (χ1n) is 7.18. The second-order valence-electron chi connectivity index (χ2n) is 5.14. The van der Waals surface area contributed by atoms with Crippen LogP contribution in [-0.2, 0) is 13.0 Å². The summed E-state index contributed by atoms with van der Waals surface area (Å²) in [5.41, 5.74) is 9.07. The van der Waals surface area contributed by atoms with Gasteiger partial charge in [0, 0.05) is 22.8 Å². The molecule has 2 N–H and O–H groups in total. The molecule has 0 amide bonds. The number of rotatable bonds is 6. The third kappa shape index (κ3) is 4.19. The summed E-state index contributed by atoms with van der Waals surface area (Å²) in [6.45, 7) is 4.53. The van der Waals surface area contributed by atoms with Gasteiger partial charge in [0.2, 0.25) is 0 Å². The SMILES string of the molecule is CCC(N)Cc1c(Cl)cccc1OCc1ncccc1C. The molecule has 112 valence electrons. The molecule has 1 heterocycles. The Labute approximate surface area is 131 Å². The van der Waals surface area contributed by atoms with Crippen molar-refractivity contribution >= 4 is 11.6 Å². The fourth-order valence-electron chi connectivity index (χ4n) is 2.09. The topological polar surface area (TPSA) is 48.1 Å². The van der Waals surface area contributed by atoms with E-state index in [4.69, 9.17) is 22.1 Å². The molecule has 0 radical (unpaired) electrons. The number of nitrogens with zero attached hydrogens (tertiary/aromatic N) is 1. The average Bonchev–Trinajstić information content (AvgIpc) is 2.49. The van der Waals surface area contributed by atoms with E-state index < -0.39 is 0 Å². The quantitative estimate of drug-likeness (QED) is 0.880. The zero-order chi connectivity index (χ0) is 15.2. The highest BCUT2D eigenvalue weighted by atomic mass is 35.5. The van der Waals surface area contributed by atoms with E-state index in [1.807, 2.05) is 37.3 Å². The molecule has 4 heteroatoms. The maximum absolute atomic E-state index is 6.29. The number of hydrogen-bond acceptors (Lipinski definition) is 3. The summed E-state index contributed by atoms with van der Waals surface area (Å²) in [4.78, 5) is 4.34. The summed E-state index contributed by atoms with van der Waals surface area (Å²) in [5, 5.41) is 0.703. The minimum atomic E-state index is 0.0869. The molecule has 1 unspecified atom stereocenters. The van der Waals surface area contributed by atoms with Crippen LogP contribution in [0.3, 0.4) is 0 Å². The van der Waals surface area contributed by atoms with Gasteiger partial charge in [-0.15, -0.1) is 0 Å². The van der Waals surface area contributed by atoms with Gasteiger partial charge in [0.15, 0.2) is 0 Å². The van der Waals surface area contributed by atoms with Crippen molar-refractivity contribution in [3.63, 3.8) is 0 Å². The fourth-order valence-corrected chi connectivity index (χ4v) is 2.34. The molecule has 0 spiro atoms. The number of halogens is 1. The van der Waals surface area contributed by atoms with Crippen LogP contribution < -0.4 is 10.5 Å². The van der Waals surface area contributed by atoms with Crippen molar-refractivity contribution < 1.29 is 4.74 Å². The second kappa shape index (κ2) is 7.43. The third-order valence-electron chi connectivity index (χ3n) is 3.55. The Morgan fingerprint density at radius 3 is 2.81 bits per heavy atom. The van der Waals surface area contributed by atoms with Crippen LogP contribution in [-0.4, -0.2) is 11.0 Å². The normalized spacial score (nSPS) is 12.2. The predicted octanol–water partition coefficient (Wildman–Crippen LogP) is 3.90. The van der Waals surface area contributed by atoms with Crippen LogP contribution in [0.25, 0.3) is 0 Å². The van der Waals surface area contributed by atoms with Crippen molar-refractivity contribution in [3.05, 3.63) is 58.4 Å². The Balaban J connectivity index is 2.16. The number of ether oxygens (including phenoxy) is 1. The lowest BCUT2D eigenvalue weighted by Gasteiger charge is -2.16. The standard InChI is InChI=1S/C17H21ClN2O/c1-3-13(19)10-14-15(18)7-4-8-17(14)21-11-16-12(2)6-5-9-20-16/h4-9,13H,3,10-11,19H2,1-2H3. The maximum atomic E-state index is 6.29. The van der Waals surface area contributed by atoms with Crippen molar-refractivity contribution in [1.82, 2.24) is 4.98 Å². The molecule has 1 aromatic carbocycles. The molecule has 0 fully saturated rings. The van der Waals surface area contributed by atoms with Crippen LogP contribution in [0.4, 0.5) is 0 Å². The van der Waals surface area contributed by atoms with Crippen molar-refractivity contribution in [3.8, 4) is 5.75 Å². The highest BCUT2D eigenvalue weighted by Crippen LogP contribution is 2.28. The lowest BCUT2D eigenvalue weighted by atomic mass is 10.0. The Hall–Kier alpha value is -1.58. The zero-order valence-electron chi connectivity index (χ0n) is 12.5. The van der Waals surface area contributed by atoms with Crippen LogP contribution in [0.2, 0.25) is 5.02 Å². The molecule has 0 bridgehead atoms. The highest BCUT2D eigenvalue weighted by Gasteiger charge is 2.12. The van der Waals surface area contributed by atoms with Gasteiger partial charge in [0.25, 0.3) is 0 Å². The molecule has 21 heavy (non-hydrogen) atoms. The van der Waals surface area contributed by atoms with Gasteiger partial charge >= 0.3 is 0 Å². The van der Waals surface area contributed by atoms with Crippen LogP contribution in [0.15, 0.2) is 36.5 Å². The molecular formula is C17H21ClN2O. The molecule has 0 aliphatic rings. The monoisotopic (exact) mass is 304 g/mol. The number of nitrogens with two attached hydrogens (primary N) is 1. The molecule has 2 rings (SSSR count). The first kappa shape index (κ1) is 15.8. The Morgan fingerprint density at radius 2 is 2.10 bits per heavy atom. The van der Waals surface area contributed by atoms with Crippen LogP contribution in [0.5, 0.6) is 5.75 Å². The smallest absolute Gasteiger partial charge is 0.130 e. The van der Waals surface area contributed by atoms with Gasteiger partial charge in [-0.1, -0.05) is 30.7 Å². The van der Waals surface area contributed by atoms with Crippen molar-refractivity contribution in [1.29, 1.82) is 0 Å². The Kier molecular flexibility index (Phi) is 5.59. The highest BCUT2D eigenvalue weighted by molar-refractivity contribution is 6.31. The van der Waals surface area contributed by atoms with Gasteiger partial charge in [-0.05, 0) is 43.5 Å². The van der Waals surface area contributed by atoms with Gasteiger partial charge in [0.05, 0.1) is 5.69 Å². The van der Waals surface area contributed by atoms with E-state index in [-0.39, 0.29) is 6.04 Å². The first-order valence-corrected chi connectivity index (χ1v) is 7.55. The summed E-state index contributed by atoms with van der Waals surface area (Å²) in [7, 11) is 0. The molecule has 2 aromatic rings. The van der Waals surface area contributed by atoms with Crippen molar-refractivity contribution in [2.75, 3.05) is 0 Å². The molecule has 0 saturated carbocycles. The molecule has 0 saturated heterocycles. The molecule has 1 aromatic heterocycles. The lowest BCUT2D eigenvalue weighted by molar-refractivity contribution is 0.296. The number of benzene rings is 1. The van der Waals surface area contributed by atoms with Gasteiger partial charge in [0.1, 0.15) is 12.4 Å². The van der Waals surface area contributed by atoms with Crippen LogP contribution >= 0.6 is 11.6 Å². The first-order chi connectivity index (χ1) is 10.1. The van der Waals surface area contributed by atoms with E-state index >= 15 is 0 Å². The second-order valence-corrected chi connectivity index (χ2v) is 5.55. The summed E-state index contributed by atoms with van der Waals surface area (Å²) >= 11 is 6.29. The summed E-state index contributed by atoms with van der Waals surface area (Å²) in [6, 6.07) is 9.73. The maximum Gasteiger partial charge on any atom is 0.130 e. The van der Waals surface area contributed by atoms with Gasteiger partial charge in [-0.25, -0.2) is 0 Å². The van der Waals surface area contributed by atoms with E-state index in [0.717, 1.165) is 29.0 Å². The number of pyridine rings is 1. The van der Waals surface area contributed by atoms with Crippen LogP contribution in [0, 0.1) is 6.92 Å². The van der Waals surface area contributed by atoms with Gasteiger partial charge in [-0.2, -0.15) is 0 Å². The number of aryl methyl sites for hydroxylation is 1. The van der Waals surface area contributed by atoms with Gasteiger partial charge < -0.3 is 10.5 Å². The molecular weight excluding hydrogens is 284 g/mol. The molecule has 0 aliphatic heterocycles. The Bertz CT molecular complexity index is 601. The number of aromatic nitrogens is 1. The minimum absolute atomic E-state index is 0.0869. The van der Waals surface area contributed by atoms with E-state index in [1.54, 1.807) is 6.20 Å². The summed E-state index contributed by atoms with van der Waals surface area (Å²) in [5.74, 6) is 0.788.